The lowest BCUT2D eigenvalue weighted by atomic mass is 9.91. The maximum atomic E-state index is 13.9. The van der Waals surface area contributed by atoms with Gasteiger partial charge in [0.25, 0.3) is 11.8 Å². The summed E-state index contributed by atoms with van der Waals surface area (Å²) in [6.07, 6.45) is 0.680. The molecule has 8 nitrogen and oxygen atoms in total. The van der Waals surface area contributed by atoms with E-state index in [0.29, 0.717) is 12.0 Å². The standard InChI is InChI=1S/C32H35N3O5/c1-3-18-33-31(39)28-25(23-13-8-5-9-14-23)17-19-35(28)32(40)29(37)26(20-22-11-6-4-7-12-22)34-30(38)24-15-10-16-27(36)21(24)2/h3-16,25-26,28-29,36-37H,1,17-20H2,2H3,(H,33,39)(H,34,38)/t25?,26-,28?,29-/m0/s1. The lowest BCUT2D eigenvalue weighted by Gasteiger charge is -2.32. The Morgan fingerprint density at radius 2 is 1.70 bits per heavy atom. The Balaban J connectivity index is 1.62. The predicted octanol–water partition coefficient (Wildman–Crippen LogP) is 3.09. The topological polar surface area (TPSA) is 119 Å². The number of aromatic hydroxyl groups is 1. The first-order valence-corrected chi connectivity index (χ1v) is 13.4. The second-order valence-electron chi connectivity index (χ2n) is 9.98. The van der Waals surface area contributed by atoms with Crippen LogP contribution in [0.2, 0.25) is 0 Å². The van der Waals surface area contributed by atoms with Crippen LogP contribution >= 0.6 is 0 Å². The minimum absolute atomic E-state index is 0.0266. The van der Waals surface area contributed by atoms with Crippen molar-refractivity contribution in [3.63, 3.8) is 0 Å². The fourth-order valence-corrected chi connectivity index (χ4v) is 5.26. The molecule has 0 bridgehead atoms. The summed E-state index contributed by atoms with van der Waals surface area (Å²) in [6, 6.07) is 21.6. The Bertz CT molecular complexity index is 1350. The molecule has 1 heterocycles. The number of phenolic OH excluding ortho intramolecular Hbond substituents is 1. The molecule has 1 fully saturated rings. The molecule has 0 radical (unpaired) electrons. The van der Waals surface area contributed by atoms with Crippen molar-refractivity contribution >= 4 is 17.7 Å². The van der Waals surface area contributed by atoms with Gasteiger partial charge in [0.15, 0.2) is 6.10 Å². The molecule has 4 N–H and O–H groups in total. The van der Waals surface area contributed by atoms with Crippen LogP contribution in [0.25, 0.3) is 0 Å². The molecule has 4 rings (SSSR count). The summed E-state index contributed by atoms with van der Waals surface area (Å²) in [6.45, 7) is 5.80. The zero-order chi connectivity index (χ0) is 28.6. The van der Waals surface area contributed by atoms with E-state index in [9.17, 15) is 24.6 Å². The van der Waals surface area contributed by atoms with Crippen LogP contribution in [0.3, 0.4) is 0 Å². The maximum Gasteiger partial charge on any atom is 0.254 e. The first-order valence-electron chi connectivity index (χ1n) is 13.4. The first-order chi connectivity index (χ1) is 19.3. The number of nitrogens with zero attached hydrogens (tertiary/aromatic N) is 1. The van der Waals surface area contributed by atoms with Gasteiger partial charge in [-0.15, -0.1) is 6.58 Å². The van der Waals surface area contributed by atoms with Crippen molar-refractivity contribution in [3.8, 4) is 5.75 Å². The Hall–Kier alpha value is -4.43. The molecule has 40 heavy (non-hydrogen) atoms. The summed E-state index contributed by atoms with van der Waals surface area (Å²) in [5, 5.41) is 27.2. The molecule has 1 saturated heterocycles. The van der Waals surface area contributed by atoms with Crippen molar-refractivity contribution in [2.75, 3.05) is 13.1 Å². The molecular formula is C32H35N3O5. The first kappa shape index (κ1) is 28.6. The molecule has 0 aliphatic carbocycles. The molecule has 1 aliphatic rings. The number of nitrogens with one attached hydrogen (secondary N) is 2. The molecule has 0 spiro atoms. The van der Waals surface area contributed by atoms with E-state index in [1.807, 2.05) is 60.7 Å². The van der Waals surface area contributed by atoms with Crippen LogP contribution in [0.4, 0.5) is 0 Å². The Morgan fingerprint density at radius 1 is 1.02 bits per heavy atom. The van der Waals surface area contributed by atoms with E-state index in [2.05, 4.69) is 17.2 Å². The van der Waals surface area contributed by atoms with Gasteiger partial charge in [0, 0.05) is 30.1 Å². The third kappa shape index (κ3) is 6.40. The van der Waals surface area contributed by atoms with Gasteiger partial charge in [-0.2, -0.15) is 0 Å². The number of likely N-dealkylation sites (tertiary alicyclic amines) is 1. The van der Waals surface area contributed by atoms with E-state index >= 15 is 0 Å². The van der Waals surface area contributed by atoms with Crippen LogP contribution < -0.4 is 10.6 Å². The highest BCUT2D eigenvalue weighted by Gasteiger charge is 2.45. The van der Waals surface area contributed by atoms with E-state index in [4.69, 9.17) is 0 Å². The average molecular weight is 542 g/mol. The lowest BCUT2D eigenvalue weighted by molar-refractivity contribution is -0.146. The summed E-state index contributed by atoms with van der Waals surface area (Å²) < 4.78 is 0. The van der Waals surface area contributed by atoms with Crippen molar-refractivity contribution in [2.45, 2.75) is 43.9 Å². The molecular weight excluding hydrogens is 506 g/mol. The zero-order valence-corrected chi connectivity index (χ0v) is 22.5. The van der Waals surface area contributed by atoms with Crippen LogP contribution in [0, 0.1) is 6.92 Å². The van der Waals surface area contributed by atoms with Gasteiger partial charge in [-0.05, 0) is 43.0 Å². The van der Waals surface area contributed by atoms with Gasteiger partial charge < -0.3 is 25.7 Å². The van der Waals surface area contributed by atoms with Gasteiger partial charge in [-0.3, -0.25) is 14.4 Å². The zero-order valence-electron chi connectivity index (χ0n) is 22.5. The number of rotatable bonds is 10. The highest BCUT2D eigenvalue weighted by atomic mass is 16.3. The lowest BCUT2D eigenvalue weighted by Crippen LogP contribution is -2.56. The summed E-state index contributed by atoms with van der Waals surface area (Å²) in [5.74, 6) is -1.76. The number of amides is 3. The normalized spacial score (nSPS) is 18.0. The molecule has 4 atom stereocenters. The molecule has 1 aliphatic heterocycles. The predicted molar refractivity (Wildman–Crippen MR) is 153 cm³/mol. The van der Waals surface area contributed by atoms with Crippen LogP contribution in [0.5, 0.6) is 5.75 Å². The second-order valence-corrected chi connectivity index (χ2v) is 9.98. The SMILES string of the molecule is C=CCNC(=O)C1C(c2ccccc2)CCN1C(=O)[C@@H](O)[C@H](Cc1ccccc1)NC(=O)c1cccc(O)c1C. The highest BCUT2D eigenvalue weighted by molar-refractivity contribution is 5.97. The fraction of sp³-hybridized carbons (Fsp3) is 0.281. The van der Waals surface area contributed by atoms with Gasteiger partial charge in [0.2, 0.25) is 5.91 Å². The molecule has 0 aromatic heterocycles. The number of benzene rings is 3. The van der Waals surface area contributed by atoms with E-state index in [-0.39, 0.29) is 42.6 Å². The third-order valence-corrected chi connectivity index (χ3v) is 7.40. The number of hydrogen-bond acceptors (Lipinski definition) is 5. The average Bonchev–Trinajstić information content (AvgIpc) is 3.42. The van der Waals surface area contributed by atoms with Crippen LogP contribution in [0.15, 0.2) is 91.5 Å². The van der Waals surface area contributed by atoms with Gasteiger partial charge >= 0.3 is 0 Å². The quantitative estimate of drug-likeness (QED) is 0.294. The third-order valence-electron chi connectivity index (χ3n) is 7.40. The van der Waals surface area contributed by atoms with Gasteiger partial charge in [-0.25, -0.2) is 0 Å². The number of phenols is 1. The summed E-state index contributed by atoms with van der Waals surface area (Å²) in [4.78, 5) is 41.8. The summed E-state index contributed by atoms with van der Waals surface area (Å²) >= 11 is 0. The smallest absolute Gasteiger partial charge is 0.254 e. The number of carbonyl (C=O) groups excluding carboxylic acids is 3. The fourth-order valence-electron chi connectivity index (χ4n) is 5.26. The van der Waals surface area contributed by atoms with E-state index < -0.39 is 30.0 Å². The monoisotopic (exact) mass is 541 g/mol. The molecule has 8 heteroatoms. The van der Waals surface area contributed by atoms with Gasteiger partial charge in [0.05, 0.1) is 6.04 Å². The second kappa shape index (κ2) is 13.1. The van der Waals surface area contributed by atoms with Crippen molar-refractivity contribution in [1.29, 1.82) is 0 Å². The van der Waals surface area contributed by atoms with Crippen LogP contribution in [-0.2, 0) is 16.0 Å². The Morgan fingerprint density at radius 3 is 2.38 bits per heavy atom. The van der Waals surface area contributed by atoms with Crippen LogP contribution in [0.1, 0.15) is 39.4 Å². The number of hydrogen-bond donors (Lipinski definition) is 4. The van der Waals surface area contributed by atoms with E-state index in [0.717, 1.165) is 11.1 Å². The van der Waals surface area contributed by atoms with Crippen LogP contribution in [-0.4, -0.2) is 64.1 Å². The molecule has 0 saturated carbocycles. The van der Waals surface area contributed by atoms with Crippen molar-refractivity contribution in [2.24, 2.45) is 0 Å². The number of aliphatic hydroxyl groups excluding tert-OH is 1. The van der Waals surface area contributed by atoms with Crippen molar-refractivity contribution < 1.29 is 24.6 Å². The Kier molecular flexibility index (Phi) is 9.35. The molecule has 2 unspecified atom stereocenters. The van der Waals surface area contributed by atoms with E-state index in [1.54, 1.807) is 25.1 Å². The molecule has 3 aromatic rings. The molecule has 208 valence electrons. The van der Waals surface area contributed by atoms with Crippen molar-refractivity contribution in [3.05, 3.63) is 114 Å². The summed E-state index contributed by atoms with van der Waals surface area (Å²) in [7, 11) is 0. The number of carbonyl (C=O) groups is 3. The Labute approximate surface area is 234 Å². The minimum Gasteiger partial charge on any atom is -0.508 e. The van der Waals surface area contributed by atoms with Gasteiger partial charge in [0.1, 0.15) is 11.8 Å². The summed E-state index contributed by atoms with van der Waals surface area (Å²) in [5.41, 5.74) is 2.38. The van der Waals surface area contributed by atoms with E-state index in [1.165, 1.54) is 11.0 Å². The minimum atomic E-state index is -1.62. The molecule has 3 aromatic carbocycles. The largest absolute Gasteiger partial charge is 0.508 e. The van der Waals surface area contributed by atoms with Gasteiger partial charge in [-0.1, -0.05) is 72.8 Å². The molecule has 3 amide bonds. The highest BCUT2D eigenvalue weighted by Crippen LogP contribution is 2.34. The van der Waals surface area contributed by atoms with Crippen molar-refractivity contribution in [1.82, 2.24) is 15.5 Å². The maximum absolute atomic E-state index is 13.9. The number of aliphatic hydroxyl groups is 1.